The summed E-state index contributed by atoms with van der Waals surface area (Å²) in [5.41, 5.74) is 6.55. The topological polar surface area (TPSA) is 47.6 Å². The molecule has 0 radical (unpaired) electrons. The summed E-state index contributed by atoms with van der Waals surface area (Å²) in [5.74, 6) is 1.23. The number of fused-ring (bicyclic) bond motifs is 1. The van der Waals surface area contributed by atoms with E-state index >= 15 is 4.39 Å². The number of hydrogen-bond donors (Lipinski definition) is 1. The Morgan fingerprint density at radius 3 is 2.36 bits per heavy atom. The molecule has 0 bridgehead atoms. The van der Waals surface area contributed by atoms with Crippen LogP contribution in [0.15, 0.2) is 67.1 Å². The van der Waals surface area contributed by atoms with Crippen LogP contribution in [-0.4, -0.2) is 25.6 Å². The molecule has 0 amide bonds. The lowest BCUT2D eigenvalue weighted by Gasteiger charge is -2.30. The van der Waals surface area contributed by atoms with Gasteiger partial charge in [-0.1, -0.05) is 48.5 Å². The monoisotopic (exact) mass is 485 g/mol. The molecule has 0 spiro atoms. The molecule has 5 rings (SSSR count). The molecule has 1 aliphatic heterocycles. The molecule has 1 heterocycles. The van der Waals surface area contributed by atoms with Crippen molar-refractivity contribution in [3.8, 4) is 22.3 Å². The highest BCUT2D eigenvalue weighted by Gasteiger charge is 2.39. The number of carbonyl (C=O) groups is 1. The highest BCUT2D eigenvalue weighted by Crippen LogP contribution is 2.40. The van der Waals surface area contributed by atoms with Gasteiger partial charge >= 0.3 is 0 Å². The van der Waals surface area contributed by atoms with E-state index in [-0.39, 0.29) is 11.9 Å². The minimum Gasteiger partial charge on any atom is -0.476 e. The van der Waals surface area contributed by atoms with Gasteiger partial charge in [-0.05, 0) is 79.5 Å². The molecule has 36 heavy (non-hydrogen) atoms. The van der Waals surface area contributed by atoms with E-state index in [0.717, 1.165) is 66.6 Å². The van der Waals surface area contributed by atoms with Gasteiger partial charge in [0.2, 0.25) is 0 Å². The Morgan fingerprint density at radius 2 is 1.67 bits per heavy atom. The molecular formula is C31H32FNO3. The molecule has 0 unspecified atom stereocenters. The summed E-state index contributed by atoms with van der Waals surface area (Å²) in [7, 11) is 0. The number of carbonyl (C=O) groups excluding carboxylic acids is 1. The molecule has 5 heteroatoms. The van der Waals surface area contributed by atoms with Gasteiger partial charge in [0.25, 0.3) is 0 Å². The lowest BCUT2D eigenvalue weighted by Crippen LogP contribution is -2.32. The second-order valence-electron chi connectivity index (χ2n) is 9.92. The van der Waals surface area contributed by atoms with Gasteiger partial charge in [-0.15, -0.1) is 0 Å². The Kier molecular flexibility index (Phi) is 6.92. The maximum absolute atomic E-state index is 15.4. The molecule has 3 aromatic carbocycles. The molecule has 186 valence electrons. The molecule has 3 aromatic rings. The van der Waals surface area contributed by atoms with Crippen LogP contribution in [0.2, 0.25) is 0 Å². The molecule has 1 saturated carbocycles. The molecule has 1 saturated heterocycles. The van der Waals surface area contributed by atoms with E-state index < -0.39 is 0 Å². The Bertz CT molecular complexity index is 1270. The summed E-state index contributed by atoms with van der Waals surface area (Å²) >= 11 is 0. The zero-order chi connectivity index (χ0) is 25.2. The second-order valence-corrected chi connectivity index (χ2v) is 9.92. The third-order valence-corrected chi connectivity index (χ3v) is 7.82. The van der Waals surface area contributed by atoms with E-state index in [1.54, 1.807) is 12.1 Å². The van der Waals surface area contributed by atoms with Crippen LogP contribution >= 0.6 is 0 Å². The van der Waals surface area contributed by atoms with E-state index in [9.17, 15) is 4.79 Å². The first-order valence-corrected chi connectivity index (χ1v) is 12.6. The van der Waals surface area contributed by atoms with Crippen molar-refractivity contribution in [2.75, 3.05) is 18.5 Å². The van der Waals surface area contributed by atoms with Crippen LogP contribution in [0.4, 0.5) is 10.1 Å². The largest absolute Gasteiger partial charge is 0.476 e. The van der Waals surface area contributed by atoms with Gasteiger partial charge < -0.3 is 14.8 Å². The number of anilines is 1. The summed E-state index contributed by atoms with van der Waals surface area (Å²) in [6.45, 7) is 9.57. The molecule has 2 aliphatic rings. The van der Waals surface area contributed by atoms with Gasteiger partial charge in [0, 0.05) is 29.3 Å². The van der Waals surface area contributed by atoms with Crippen molar-refractivity contribution in [3.63, 3.8) is 0 Å². The lowest BCUT2D eigenvalue weighted by molar-refractivity contribution is -0.0229. The standard InChI is InChI=1S/C31H32FNO3/c1-19-20(2)31(26-10-8-24(9-11-26)23-6-4-22(17-34)5-7-23)28(32)16-29(19)33-21(3)36-30-13-12-25-14-15-35-18-27(25)30/h4-11,16-17,25,27,30,33H,3,12-15,18H2,1-2H3/t25-,27+,30-/m1/s1. The van der Waals surface area contributed by atoms with E-state index in [0.29, 0.717) is 34.5 Å². The first kappa shape index (κ1) is 24.3. The molecule has 2 fully saturated rings. The fraction of sp³-hybridized carbons (Fsp3) is 0.323. The number of aldehydes is 1. The van der Waals surface area contributed by atoms with Crippen molar-refractivity contribution in [2.24, 2.45) is 11.8 Å². The Labute approximate surface area is 212 Å². The van der Waals surface area contributed by atoms with Crippen LogP contribution in [0.3, 0.4) is 0 Å². The number of nitrogens with one attached hydrogen (secondary N) is 1. The Morgan fingerprint density at radius 1 is 1.00 bits per heavy atom. The normalized spacial score (nSPS) is 21.0. The summed E-state index contributed by atoms with van der Waals surface area (Å²) in [6, 6.07) is 16.8. The number of hydrogen-bond acceptors (Lipinski definition) is 4. The highest BCUT2D eigenvalue weighted by atomic mass is 19.1. The van der Waals surface area contributed by atoms with Crippen molar-refractivity contribution >= 4 is 12.0 Å². The predicted molar refractivity (Wildman–Crippen MR) is 141 cm³/mol. The van der Waals surface area contributed by atoms with Gasteiger partial charge in [0.1, 0.15) is 18.2 Å². The van der Waals surface area contributed by atoms with E-state index in [4.69, 9.17) is 9.47 Å². The van der Waals surface area contributed by atoms with Gasteiger partial charge in [-0.25, -0.2) is 4.39 Å². The molecule has 0 aromatic heterocycles. The lowest BCUT2D eigenvalue weighted by atomic mass is 9.91. The van der Waals surface area contributed by atoms with Gasteiger partial charge in [-0.3, -0.25) is 4.79 Å². The minimum atomic E-state index is -0.293. The van der Waals surface area contributed by atoms with Crippen LogP contribution in [0.5, 0.6) is 0 Å². The van der Waals surface area contributed by atoms with Crippen molar-refractivity contribution in [2.45, 2.75) is 39.2 Å². The van der Waals surface area contributed by atoms with Gasteiger partial charge in [-0.2, -0.15) is 0 Å². The van der Waals surface area contributed by atoms with Crippen molar-refractivity contribution < 1.29 is 18.7 Å². The third-order valence-electron chi connectivity index (χ3n) is 7.82. The maximum Gasteiger partial charge on any atom is 0.183 e. The summed E-state index contributed by atoms with van der Waals surface area (Å²) in [4.78, 5) is 10.9. The maximum atomic E-state index is 15.4. The second kappa shape index (κ2) is 10.3. The minimum absolute atomic E-state index is 0.0916. The first-order valence-electron chi connectivity index (χ1n) is 12.6. The fourth-order valence-corrected chi connectivity index (χ4v) is 5.62. The molecular weight excluding hydrogens is 453 g/mol. The predicted octanol–water partition coefficient (Wildman–Crippen LogP) is 7.30. The van der Waals surface area contributed by atoms with Gasteiger partial charge in [0.05, 0.1) is 6.61 Å². The Balaban J connectivity index is 1.32. The molecule has 4 nitrogen and oxygen atoms in total. The smallest absolute Gasteiger partial charge is 0.183 e. The van der Waals surface area contributed by atoms with Crippen LogP contribution in [0, 0.1) is 31.5 Å². The summed E-state index contributed by atoms with van der Waals surface area (Å²) < 4.78 is 27.2. The van der Waals surface area contributed by atoms with E-state index in [1.165, 1.54) is 6.07 Å². The number of ether oxygens (including phenoxy) is 2. The fourth-order valence-electron chi connectivity index (χ4n) is 5.62. The SMILES string of the molecule is C=C(Nc1cc(F)c(-c2ccc(-c3ccc(C=O)cc3)cc2)c(C)c1C)O[C@@H]1CC[C@@H]2CCOC[C@@H]21. The molecule has 1 N–H and O–H groups in total. The van der Waals surface area contributed by atoms with E-state index in [1.807, 2.05) is 50.2 Å². The quantitative estimate of drug-likeness (QED) is 0.282. The summed E-state index contributed by atoms with van der Waals surface area (Å²) in [5, 5.41) is 3.21. The first-order chi connectivity index (χ1) is 17.4. The zero-order valence-corrected chi connectivity index (χ0v) is 20.9. The summed E-state index contributed by atoms with van der Waals surface area (Å²) in [6.07, 6.45) is 4.19. The Hall–Kier alpha value is -3.44. The van der Waals surface area contributed by atoms with Crippen LogP contribution < -0.4 is 5.32 Å². The van der Waals surface area contributed by atoms with Crippen LogP contribution in [0.1, 0.15) is 40.7 Å². The van der Waals surface area contributed by atoms with Crippen molar-refractivity contribution in [1.29, 1.82) is 0 Å². The average Bonchev–Trinajstić information content (AvgIpc) is 3.30. The van der Waals surface area contributed by atoms with Crippen LogP contribution in [-0.2, 0) is 9.47 Å². The number of halogens is 1. The zero-order valence-electron chi connectivity index (χ0n) is 20.9. The van der Waals surface area contributed by atoms with Gasteiger partial charge in [0.15, 0.2) is 5.88 Å². The number of rotatable bonds is 7. The van der Waals surface area contributed by atoms with Crippen molar-refractivity contribution in [3.05, 3.63) is 89.6 Å². The molecule has 1 aliphatic carbocycles. The highest BCUT2D eigenvalue weighted by molar-refractivity contribution is 5.79. The van der Waals surface area contributed by atoms with Crippen LogP contribution in [0.25, 0.3) is 22.3 Å². The molecule has 3 atom stereocenters. The third kappa shape index (κ3) is 4.80. The van der Waals surface area contributed by atoms with E-state index in [2.05, 4.69) is 11.9 Å². The average molecular weight is 486 g/mol. The number of benzene rings is 3. The van der Waals surface area contributed by atoms with Crippen molar-refractivity contribution in [1.82, 2.24) is 0 Å².